The van der Waals surface area contributed by atoms with Crippen LogP contribution in [0.25, 0.3) is 0 Å². The van der Waals surface area contributed by atoms with Crippen molar-refractivity contribution in [2.45, 2.75) is 27.7 Å². The number of hydrogen-bond acceptors (Lipinski definition) is 1. The molecule has 0 amide bonds. The van der Waals surface area contributed by atoms with E-state index in [-0.39, 0.29) is 0 Å². The Morgan fingerprint density at radius 3 is 2.22 bits per heavy atom. The summed E-state index contributed by atoms with van der Waals surface area (Å²) >= 11 is 3.51. The second kappa shape index (κ2) is 5.15. The first-order valence-corrected chi connectivity index (χ1v) is 6.78. The predicted octanol–water partition coefficient (Wildman–Crippen LogP) is 5.48. The van der Waals surface area contributed by atoms with E-state index in [9.17, 15) is 0 Å². The Hall–Kier alpha value is -1.28. The standard InChI is InChI=1S/C16H17BrO/c1-10-5-6-15(8-11(10)2)18-16-9-14(17)7-12(3)13(16)4/h5-9H,1-4H3. The number of hydrogen-bond donors (Lipinski definition) is 0. The molecule has 0 aromatic heterocycles. The number of benzene rings is 2. The molecule has 18 heavy (non-hydrogen) atoms. The maximum absolute atomic E-state index is 5.98. The highest BCUT2D eigenvalue weighted by molar-refractivity contribution is 9.10. The zero-order chi connectivity index (χ0) is 13.3. The quantitative estimate of drug-likeness (QED) is 0.714. The smallest absolute Gasteiger partial charge is 0.131 e. The van der Waals surface area contributed by atoms with E-state index in [0.717, 1.165) is 16.0 Å². The minimum Gasteiger partial charge on any atom is -0.457 e. The Labute approximate surface area is 117 Å². The van der Waals surface area contributed by atoms with Crippen LogP contribution in [-0.2, 0) is 0 Å². The number of rotatable bonds is 2. The normalized spacial score (nSPS) is 10.5. The third kappa shape index (κ3) is 2.75. The summed E-state index contributed by atoms with van der Waals surface area (Å²) in [4.78, 5) is 0. The molecular formula is C16H17BrO. The van der Waals surface area contributed by atoms with Crippen molar-refractivity contribution in [2.75, 3.05) is 0 Å². The molecule has 0 bridgehead atoms. The third-order valence-electron chi connectivity index (χ3n) is 3.29. The molecule has 0 atom stereocenters. The molecule has 0 aliphatic rings. The van der Waals surface area contributed by atoms with E-state index < -0.39 is 0 Å². The summed E-state index contributed by atoms with van der Waals surface area (Å²) in [6, 6.07) is 10.3. The second-order valence-corrected chi connectivity index (χ2v) is 5.61. The Morgan fingerprint density at radius 2 is 1.56 bits per heavy atom. The maximum Gasteiger partial charge on any atom is 0.131 e. The van der Waals surface area contributed by atoms with Crippen molar-refractivity contribution in [1.29, 1.82) is 0 Å². The van der Waals surface area contributed by atoms with Gasteiger partial charge in [0.2, 0.25) is 0 Å². The molecule has 0 saturated heterocycles. The van der Waals surface area contributed by atoms with Crippen molar-refractivity contribution in [3.63, 3.8) is 0 Å². The lowest BCUT2D eigenvalue weighted by Crippen LogP contribution is -1.91. The van der Waals surface area contributed by atoms with Gasteiger partial charge in [-0.05, 0) is 74.2 Å². The topological polar surface area (TPSA) is 9.23 Å². The largest absolute Gasteiger partial charge is 0.457 e. The highest BCUT2D eigenvalue weighted by Crippen LogP contribution is 2.31. The first kappa shape index (κ1) is 13.2. The lowest BCUT2D eigenvalue weighted by atomic mass is 10.1. The monoisotopic (exact) mass is 304 g/mol. The van der Waals surface area contributed by atoms with Crippen LogP contribution in [0, 0.1) is 27.7 Å². The molecule has 0 saturated carbocycles. The van der Waals surface area contributed by atoms with Crippen LogP contribution in [0.5, 0.6) is 11.5 Å². The van der Waals surface area contributed by atoms with E-state index in [2.05, 4.69) is 61.8 Å². The van der Waals surface area contributed by atoms with E-state index in [1.54, 1.807) is 0 Å². The van der Waals surface area contributed by atoms with Crippen LogP contribution in [0.15, 0.2) is 34.8 Å². The fourth-order valence-electron chi connectivity index (χ4n) is 1.79. The summed E-state index contributed by atoms with van der Waals surface area (Å²) in [7, 11) is 0. The van der Waals surface area contributed by atoms with Crippen LogP contribution in [0.1, 0.15) is 22.3 Å². The highest BCUT2D eigenvalue weighted by Gasteiger charge is 2.06. The van der Waals surface area contributed by atoms with Crippen LogP contribution < -0.4 is 4.74 Å². The molecule has 94 valence electrons. The molecule has 0 unspecified atom stereocenters. The van der Waals surface area contributed by atoms with Gasteiger partial charge in [0.15, 0.2) is 0 Å². The summed E-state index contributed by atoms with van der Waals surface area (Å²) < 4.78 is 7.02. The molecule has 0 N–H and O–H groups in total. The molecule has 2 heteroatoms. The lowest BCUT2D eigenvalue weighted by molar-refractivity contribution is 0.477. The van der Waals surface area contributed by atoms with Crippen LogP contribution in [-0.4, -0.2) is 0 Å². The Morgan fingerprint density at radius 1 is 0.833 bits per heavy atom. The van der Waals surface area contributed by atoms with Gasteiger partial charge >= 0.3 is 0 Å². The molecule has 0 heterocycles. The van der Waals surface area contributed by atoms with Gasteiger partial charge in [0.25, 0.3) is 0 Å². The number of aryl methyl sites for hydroxylation is 3. The molecule has 2 rings (SSSR count). The van der Waals surface area contributed by atoms with Gasteiger partial charge in [-0.25, -0.2) is 0 Å². The fourth-order valence-corrected chi connectivity index (χ4v) is 2.35. The molecule has 2 aromatic rings. The van der Waals surface area contributed by atoms with E-state index in [1.807, 2.05) is 12.1 Å². The van der Waals surface area contributed by atoms with Gasteiger partial charge in [-0.1, -0.05) is 22.0 Å². The fraction of sp³-hybridized carbons (Fsp3) is 0.250. The minimum absolute atomic E-state index is 0.888. The average molecular weight is 305 g/mol. The van der Waals surface area contributed by atoms with Crippen molar-refractivity contribution in [3.05, 3.63) is 57.1 Å². The molecule has 0 fully saturated rings. The minimum atomic E-state index is 0.888. The molecule has 0 aliphatic carbocycles. The van der Waals surface area contributed by atoms with Crippen molar-refractivity contribution in [2.24, 2.45) is 0 Å². The van der Waals surface area contributed by atoms with Crippen LogP contribution >= 0.6 is 15.9 Å². The van der Waals surface area contributed by atoms with Crippen molar-refractivity contribution < 1.29 is 4.74 Å². The lowest BCUT2D eigenvalue weighted by Gasteiger charge is -2.12. The number of halogens is 1. The summed E-state index contributed by atoms with van der Waals surface area (Å²) in [5, 5.41) is 0. The predicted molar refractivity (Wildman–Crippen MR) is 79.6 cm³/mol. The highest BCUT2D eigenvalue weighted by atomic mass is 79.9. The van der Waals surface area contributed by atoms with Gasteiger partial charge < -0.3 is 4.74 Å². The van der Waals surface area contributed by atoms with Gasteiger partial charge in [0, 0.05) is 4.47 Å². The van der Waals surface area contributed by atoms with Crippen LogP contribution in [0.3, 0.4) is 0 Å². The van der Waals surface area contributed by atoms with Gasteiger partial charge in [-0.15, -0.1) is 0 Å². The molecule has 0 spiro atoms. The van der Waals surface area contributed by atoms with Gasteiger partial charge in [-0.3, -0.25) is 0 Å². The zero-order valence-corrected chi connectivity index (χ0v) is 12.8. The summed E-state index contributed by atoms with van der Waals surface area (Å²) in [6.45, 7) is 8.38. The van der Waals surface area contributed by atoms with Gasteiger partial charge in [-0.2, -0.15) is 0 Å². The first-order valence-electron chi connectivity index (χ1n) is 5.99. The molecule has 0 aliphatic heterocycles. The van der Waals surface area contributed by atoms with Gasteiger partial charge in [0.1, 0.15) is 11.5 Å². The summed E-state index contributed by atoms with van der Waals surface area (Å²) in [6.07, 6.45) is 0. The zero-order valence-electron chi connectivity index (χ0n) is 11.2. The maximum atomic E-state index is 5.98. The Balaban J connectivity index is 2.36. The Kier molecular flexibility index (Phi) is 3.76. The van der Waals surface area contributed by atoms with Crippen molar-refractivity contribution in [3.8, 4) is 11.5 Å². The van der Waals surface area contributed by atoms with Crippen molar-refractivity contribution >= 4 is 15.9 Å². The molecule has 1 nitrogen and oxygen atoms in total. The second-order valence-electron chi connectivity index (χ2n) is 4.69. The van der Waals surface area contributed by atoms with E-state index in [0.29, 0.717) is 0 Å². The summed E-state index contributed by atoms with van der Waals surface area (Å²) in [5.74, 6) is 1.80. The molecular weight excluding hydrogens is 288 g/mol. The van der Waals surface area contributed by atoms with E-state index in [4.69, 9.17) is 4.74 Å². The average Bonchev–Trinajstić information content (AvgIpc) is 2.30. The molecule has 0 radical (unpaired) electrons. The van der Waals surface area contributed by atoms with E-state index >= 15 is 0 Å². The van der Waals surface area contributed by atoms with Gasteiger partial charge in [0.05, 0.1) is 0 Å². The third-order valence-corrected chi connectivity index (χ3v) is 3.75. The van der Waals surface area contributed by atoms with Crippen molar-refractivity contribution in [1.82, 2.24) is 0 Å². The SMILES string of the molecule is Cc1ccc(Oc2cc(Br)cc(C)c2C)cc1C. The van der Waals surface area contributed by atoms with E-state index in [1.165, 1.54) is 22.3 Å². The van der Waals surface area contributed by atoms with Crippen LogP contribution in [0.2, 0.25) is 0 Å². The Bertz CT molecular complexity index is 588. The summed E-state index contributed by atoms with van der Waals surface area (Å²) in [5.41, 5.74) is 4.93. The first-order chi connectivity index (χ1) is 8.47. The molecule has 2 aromatic carbocycles. The van der Waals surface area contributed by atoms with Crippen LogP contribution in [0.4, 0.5) is 0 Å². The number of ether oxygens (including phenoxy) is 1.